The number of hydrogen-bond acceptors (Lipinski definition) is 12. The van der Waals surface area contributed by atoms with E-state index in [9.17, 15) is 14.7 Å². The highest BCUT2D eigenvalue weighted by Gasteiger charge is 2.77. The van der Waals surface area contributed by atoms with Gasteiger partial charge in [0.2, 0.25) is 11.8 Å². The molecule has 0 aromatic heterocycles. The van der Waals surface area contributed by atoms with Crippen molar-refractivity contribution in [3.8, 4) is 0 Å². The molecule has 4 heterocycles. The minimum absolute atomic E-state index is 0.0263. The van der Waals surface area contributed by atoms with Crippen molar-refractivity contribution >= 4 is 29.8 Å². The Morgan fingerprint density at radius 1 is 0.920 bits per heavy atom. The number of esters is 2. The molecule has 12 unspecified atom stereocenters. The van der Waals surface area contributed by atoms with E-state index < -0.39 is 89.7 Å². The predicted octanol–water partition coefficient (Wildman–Crippen LogP) is 9.57. The lowest BCUT2D eigenvalue weighted by atomic mass is 9.52. The van der Waals surface area contributed by atoms with Crippen molar-refractivity contribution in [3.05, 3.63) is 76.9 Å². The van der Waals surface area contributed by atoms with E-state index in [-0.39, 0.29) is 49.3 Å². The van der Waals surface area contributed by atoms with Crippen LogP contribution in [0.4, 0.5) is 0 Å². The number of ether oxygens (including phenoxy) is 5. The van der Waals surface area contributed by atoms with Crippen LogP contribution in [0.2, 0.25) is 0 Å². The molecule has 0 radical (unpaired) electrons. The number of rotatable bonds is 21. The molecule has 14 heteroatoms. The van der Waals surface area contributed by atoms with Crippen LogP contribution in [0, 0.1) is 22.7 Å². The molecule has 0 spiro atoms. The van der Waals surface area contributed by atoms with Gasteiger partial charge in [-0.15, -0.1) is 0 Å². The van der Waals surface area contributed by atoms with Gasteiger partial charge in [0.15, 0.2) is 11.8 Å². The summed E-state index contributed by atoms with van der Waals surface area (Å²) in [5.74, 6) is -1.86. The summed E-state index contributed by atoms with van der Waals surface area (Å²) in [7, 11) is 1.62. The Morgan fingerprint density at radius 3 is 2.29 bits per heavy atom. The van der Waals surface area contributed by atoms with Crippen molar-refractivity contribution in [3.63, 3.8) is 0 Å². The molecule has 14 nitrogen and oxygen atoms in total. The number of hydrogen-bond donors (Lipinski definition) is 2. The van der Waals surface area contributed by atoms with Crippen LogP contribution in [0.25, 0.3) is 6.08 Å². The number of unbranched alkanes of at least 4 members (excludes halogenated alkanes) is 4. The molecule has 412 valence electrons. The summed E-state index contributed by atoms with van der Waals surface area (Å²) in [6.45, 7) is 16.5. The summed E-state index contributed by atoms with van der Waals surface area (Å²) in [5.41, 5.74) is 2.23. The first kappa shape index (κ1) is 55.6. The monoisotopic (exact) mass is 1040 g/mol. The zero-order valence-corrected chi connectivity index (χ0v) is 46.4. The Labute approximate surface area is 446 Å². The highest BCUT2D eigenvalue weighted by Crippen LogP contribution is 2.61. The van der Waals surface area contributed by atoms with E-state index in [4.69, 9.17) is 28.5 Å². The van der Waals surface area contributed by atoms with E-state index in [0.29, 0.717) is 24.7 Å². The standard InChI is InChI=1S/C61H87N3O11/c1-10-12-19-30-60(31-20-13-11-2)73-50-47-36-61(56(69)63(9)46(33-39-21-15-14-16-22-39)54(67)62-43(38-65)26-28-49(66)72-57(3,4)5)52(55(68)70-47)64(75-53(61)51(50)74-60)37-42-24-18-17-23-40(42)34-41-25-27-48-59(8,71-48)32-29-45-44(41)35-58(45,6)7/h14-18,21-24,34,43-48,50-53,65H,10-13,19-20,25-33,35-38H2,1-9H3,(H,62,67). The lowest BCUT2D eigenvalue weighted by molar-refractivity contribution is -0.225. The van der Waals surface area contributed by atoms with Crippen LogP contribution < -0.4 is 5.32 Å². The zero-order chi connectivity index (χ0) is 53.5. The second-order valence-corrected chi connectivity index (χ2v) is 25.2. The number of allylic oxidation sites excluding steroid dienone is 1. The van der Waals surface area contributed by atoms with Gasteiger partial charge in [-0.2, -0.15) is 5.06 Å². The lowest BCUT2D eigenvalue weighted by Gasteiger charge is -2.53. The average molecular weight is 1040 g/mol. The molecule has 2 aromatic carbocycles. The van der Waals surface area contributed by atoms with Crippen LogP contribution >= 0.6 is 0 Å². The number of amides is 2. The molecule has 7 fully saturated rings. The number of carbonyl (C=O) groups excluding carboxylic acids is 4. The van der Waals surface area contributed by atoms with E-state index in [1.54, 1.807) is 32.9 Å². The summed E-state index contributed by atoms with van der Waals surface area (Å²) in [4.78, 5) is 67.6. The highest BCUT2D eigenvalue weighted by molar-refractivity contribution is 5.96. The number of carbonyl (C=O) groups is 4. The van der Waals surface area contributed by atoms with E-state index >= 15 is 9.59 Å². The number of nitrogens with one attached hydrogen (secondary N) is 1. The Morgan fingerprint density at radius 2 is 1.61 bits per heavy atom. The maximum absolute atomic E-state index is 16.2. The summed E-state index contributed by atoms with van der Waals surface area (Å²) in [5, 5.41) is 15.2. The SMILES string of the molecule is CCCCCC1(CCCCC)OC2C3CC4(C(=O)N(C)C(Cc5ccccc5)C(=O)NC(CO)CCC(=O)OC(C)(C)C)C(ON(Cc5ccccc5C=C5CCC6OC6(C)CCC6C5CC6(C)C)C4C(=O)O3)C2O1. The molecule has 2 bridgehead atoms. The number of hydroxylamine groups is 2. The fraction of sp³-hybridized carbons (Fsp3) is 0.705. The largest absolute Gasteiger partial charge is 0.460 e. The van der Waals surface area contributed by atoms with Crippen LogP contribution in [0.5, 0.6) is 0 Å². The van der Waals surface area contributed by atoms with Gasteiger partial charge in [-0.3, -0.25) is 24.0 Å². The summed E-state index contributed by atoms with van der Waals surface area (Å²) in [6.07, 6.45) is 12.2. The number of aliphatic hydroxyl groups is 1. The van der Waals surface area contributed by atoms with Gasteiger partial charge >= 0.3 is 11.9 Å². The molecule has 75 heavy (non-hydrogen) atoms. The Hall–Kier alpha value is -4.18. The number of epoxide rings is 1. The number of likely N-dealkylation sites (N-methyl/N-ethyl adjacent to an activating group) is 1. The van der Waals surface area contributed by atoms with Gasteiger partial charge in [-0.25, -0.2) is 0 Å². The van der Waals surface area contributed by atoms with E-state index in [2.05, 4.69) is 64.2 Å². The number of benzene rings is 2. The first-order valence-electron chi connectivity index (χ1n) is 28.6. The van der Waals surface area contributed by atoms with Crippen molar-refractivity contribution in [2.45, 2.75) is 237 Å². The summed E-state index contributed by atoms with van der Waals surface area (Å²) in [6, 6.07) is 14.7. The summed E-state index contributed by atoms with van der Waals surface area (Å²) >= 11 is 0. The van der Waals surface area contributed by atoms with Crippen molar-refractivity contribution in [2.24, 2.45) is 22.7 Å². The van der Waals surface area contributed by atoms with E-state index in [1.807, 2.05) is 36.4 Å². The molecule has 4 saturated heterocycles. The molecule has 4 aliphatic heterocycles. The third-order valence-electron chi connectivity index (χ3n) is 18.1. The second-order valence-electron chi connectivity index (χ2n) is 25.2. The van der Waals surface area contributed by atoms with Gasteiger partial charge < -0.3 is 39.0 Å². The van der Waals surface area contributed by atoms with Gasteiger partial charge in [0.1, 0.15) is 41.5 Å². The minimum Gasteiger partial charge on any atom is -0.460 e. The molecule has 3 saturated carbocycles. The molecular weight excluding hydrogens is 951 g/mol. The predicted molar refractivity (Wildman–Crippen MR) is 284 cm³/mol. The Kier molecular flexibility index (Phi) is 16.5. The molecule has 7 aliphatic rings. The third-order valence-corrected chi connectivity index (χ3v) is 18.1. The molecule has 2 amide bonds. The third kappa shape index (κ3) is 11.5. The smallest absolute Gasteiger partial charge is 0.327 e. The normalized spacial score (nSPS) is 32.5. The molecule has 9 rings (SSSR count). The second kappa shape index (κ2) is 22.3. The molecule has 2 N–H and O–H groups in total. The summed E-state index contributed by atoms with van der Waals surface area (Å²) < 4.78 is 32.7. The van der Waals surface area contributed by atoms with Crippen molar-refractivity contribution in [1.82, 2.24) is 15.3 Å². The lowest BCUT2D eigenvalue weighted by Crippen LogP contribution is -2.70. The first-order chi connectivity index (χ1) is 35.7. The van der Waals surface area contributed by atoms with Gasteiger partial charge in [-0.1, -0.05) is 120 Å². The van der Waals surface area contributed by atoms with Crippen LogP contribution in [0.1, 0.15) is 175 Å². The quantitative estimate of drug-likeness (QED) is 0.0692. The maximum Gasteiger partial charge on any atom is 0.327 e. The number of nitrogens with zero attached hydrogens (tertiary/aromatic N) is 2. The highest BCUT2D eigenvalue weighted by atomic mass is 16.8. The minimum atomic E-state index is -1.54. The van der Waals surface area contributed by atoms with Crippen LogP contribution in [0.3, 0.4) is 0 Å². The van der Waals surface area contributed by atoms with Crippen molar-refractivity contribution in [1.29, 1.82) is 0 Å². The zero-order valence-electron chi connectivity index (χ0n) is 46.4. The average Bonchev–Trinajstić information content (AvgIpc) is 3.64. The first-order valence-corrected chi connectivity index (χ1v) is 28.6. The van der Waals surface area contributed by atoms with Crippen molar-refractivity contribution in [2.75, 3.05) is 13.7 Å². The Bertz CT molecular complexity index is 2390. The van der Waals surface area contributed by atoms with Gasteiger partial charge in [0, 0.05) is 39.2 Å². The number of fused-ring (bicyclic) bond motifs is 6. The van der Waals surface area contributed by atoms with Crippen molar-refractivity contribution < 1.29 is 52.8 Å². The van der Waals surface area contributed by atoms with Gasteiger partial charge in [-0.05, 0) is 113 Å². The molecule has 12 atom stereocenters. The van der Waals surface area contributed by atoms with Crippen LogP contribution in [0.15, 0.2) is 60.2 Å². The fourth-order valence-corrected chi connectivity index (χ4v) is 14.0. The number of aliphatic hydroxyl groups excluding tert-OH is 1. The molecular formula is C61H87N3O11. The fourth-order valence-electron chi connectivity index (χ4n) is 14.0. The van der Waals surface area contributed by atoms with E-state index in [1.165, 1.54) is 10.5 Å². The van der Waals surface area contributed by atoms with Crippen LogP contribution in [-0.2, 0) is 60.7 Å². The van der Waals surface area contributed by atoms with E-state index in [0.717, 1.165) is 87.3 Å². The molecule has 2 aromatic rings. The Balaban J connectivity index is 1.07. The van der Waals surface area contributed by atoms with Gasteiger partial charge in [0.05, 0.1) is 30.9 Å². The molecule has 3 aliphatic carbocycles. The maximum atomic E-state index is 16.2. The van der Waals surface area contributed by atoms with Crippen LogP contribution in [-0.4, -0.2) is 118 Å². The topological polar surface area (TPSA) is 166 Å². The van der Waals surface area contributed by atoms with Gasteiger partial charge in [0.25, 0.3) is 0 Å².